The minimum Gasteiger partial charge on any atom is -0.349 e. The molecule has 2 atom stereocenters. The first-order valence-corrected chi connectivity index (χ1v) is 8.31. The fourth-order valence-electron chi connectivity index (χ4n) is 3.39. The molecular formula is C20H28N2O. The number of likely N-dealkylation sites (N-methyl/N-ethyl adjacent to an activating group) is 1. The molecule has 1 aliphatic heterocycles. The van der Waals surface area contributed by atoms with Gasteiger partial charge in [0.25, 0.3) is 0 Å². The van der Waals surface area contributed by atoms with Crippen LogP contribution in [-0.4, -0.2) is 40.9 Å². The molecule has 2 unspecified atom stereocenters. The summed E-state index contributed by atoms with van der Waals surface area (Å²) in [6, 6.07) is 0.234. The Bertz CT molecular complexity index is 632. The van der Waals surface area contributed by atoms with Gasteiger partial charge in [0.1, 0.15) is 0 Å². The third kappa shape index (κ3) is 3.12. The zero-order valence-electron chi connectivity index (χ0n) is 15.1. The Labute approximate surface area is 140 Å². The van der Waals surface area contributed by atoms with Crippen LogP contribution in [-0.2, 0) is 4.79 Å². The van der Waals surface area contributed by atoms with Crippen molar-refractivity contribution in [3.63, 3.8) is 0 Å². The molecule has 1 heterocycles. The van der Waals surface area contributed by atoms with Crippen LogP contribution in [0.25, 0.3) is 0 Å². The van der Waals surface area contributed by atoms with Crippen LogP contribution in [0.5, 0.6) is 0 Å². The molecule has 2 aliphatic rings. The van der Waals surface area contributed by atoms with Gasteiger partial charge in [-0.1, -0.05) is 25.2 Å². The average molecular weight is 312 g/mol. The van der Waals surface area contributed by atoms with Gasteiger partial charge in [-0.15, -0.1) is 5.73 Å². The van der Waals surface area contributed by atoms with Crippen molar-refractivity contribution in [2.75, 3.05) is 13.6 Å². The van der Waals surface area contributed by atoms with E-state index in [2.05, 4.69) is 54.7 Å². The van der Waals surface area contributed by atoms with Crippen molar-refractivity contribution >= 4 is 5.78 Å². The summed E-state index contributed by atoms with van der Waals surface area (Å²) in [6.45, 7) is 11.0. The molecule has 23 heavy (non-hydrogen) atoms. The highest BCUT2D eigenvalue weighted by atomic mass is 16.1. The Morgan fingerprint density at radius 3 is 2.70 bits per heavy atom. The summed E-state index contributed by atoms with van der Waals surface area (Å²) in [5.41, 5.74) is 4.46. The number of rotatable bonds is 5. The summed E-state index contributed by atoms with van der Waals surface area (Å²) >= 11 is 0. The second-order valence-electron chi connectivity index (χ2n) is 6.86. The van der Waals surface area contributed by atoms with Gasteiger partial charge in [0.2, 0.25) is 0 Å². The van der Waals surface area contributed by atoms with Crippen molar-refractivity contribution in [2.24, 2.45) is 5.92 Å². The predicted molar refractivity (Wildman–Crippen MR) is 95.8 cm³/mol. The first kappa shape index (κ1) is 17.5. The molecule has 1 aliphatic carbocycles. The van der Waals surface area contributed by atoms with E-state index in [1.54, 1.807) is 6.92 Å². The molecule has 0 fully saturated rings. The highest BCUT2D eigenvalue weighted by Crippen LogP contribution is 2.36. The molecule has 0 saturated carbocycles. The minimum absolute atomic E-state index is 0.137. The summed E-state index contributed by atoms with van der Waals surface area (Å²) < 4.78 is 0. The lowest BCUT2D eigenvalue weighted by Crippen LogP contribution is -2.64. The smallest absolute Gasteiger partial charge is 0.179 e. The number of nitrogens with zero attached hydrogens (tertiary/aromatic N) is 2. The Morgan fingerprint density at radius 1 is 1.48 bits per heavy atom. The quantitative estimate of drug-likeness (QED) is 0.724. The van der Waals surface area contributed by atoms with E-state index in [9.17, 15) is 4.79 Å². The average Bonchev–Trinajstić information content (AvgIpc) is 2.77. The van der Waals surface area contributed by atoms with E-state index < -0.39 is 5.66 Å². The number of Topliss-reactive ketones (excluding diaryl/α,β-unsaturated/α-hetero) is 1. The molecular weight excluding hydrogens is 284 g/mol. The Kier molecular flexibility index (Phi) is 5.13. The number of carbonyl (C=O) groups is 1. The van der Waals surface area contributed by atoms with E-state index in [1.807, 2.05) is 32.2 Å². The van der Waals surface area contributed by atoms with Gasteiger partial charge < -0.3 is 4.90 Å². The maximum Gasteiger partial charge on any atom is 0.179 e. The number of hydrogen-bond acceptors (Lipinski definition) is 3. The van der Waals surface area contributed by atoms with Gasteiger partial charge >= 0.3 is 0 Å². The van der Waals surface area contributed by atoms with Gasteiger partial charge in [0.15, 0.2) is 11.4 Å². The molecule has 3 heteroatoms. The number of ketones is 1. The van der Waals surface area contributed by atoms with Gasteiger partial charge in [-0.05, 0) is 64.6 Å². The SMILES string of the molecule is CC(=O)C(C1=CC(C)=C=CC=C1)(N1C=CC(C)C1)N(C)C(C)C. The lowest BCUT2D eigenvalue weighted by Gasteiger charge is -2.49. The molecule has 0 radical (unpaired) electrons. The molecule has 124 valence electrons. The molecule has 0 aromatic rings. The monoisotopic (exact) mass is 312 g/mol. The predicted octanol–water partition coefficient (Wildman–Crippen LogP) is 3.67. The van der Waals surface area contributed by atoms with Crippen LogP contribution in [0.3, 0.4) is 0 Å². The van der Waals surface area contributed by atoms with E-state index in [-0.39, 0.29) is 11.8 Å². The zero-order chi connectivity index (χ0) is 17.2. The number of hydrogen-bond donors (Lipinski definition) is 0. The van der Waals surface area contributed by atoms with E-state index in [0.717, 1.165) is 17.7 Å². The van der Waals surface area contributed by atoms with Crippen molar-refractivity contribution in [2.45, 2.75) is 46.3 Å². The normalized spacial score (nSPS) is 23.1. The molecule has 0 aromatic carbocycles. The number of carbonyl (C=O) groups excluding carboxylic acids is 1. The van der Waals surface area contributed by atoms with Crippen LogP contribution < -0.4 is 0 Å². The van der Waals surface area contributed by atoms with Crippen LogP contribution in [0.1, 0.15) is 34.6 Å². The topological polar surface area (TPSA) is 23.6 Å². The maximum absolute atomic E-state index is 13.0. The summed E-state index contributed by atoms with van der Waals surface area (Å²) in [6.07, 6.45) is 12.3. The Balaban J connectivity index is 2.65. The van der Waals surface area contributed by atoms with Gasteiger partial charge in [0, 0.05) is 18.2 Å². The van der Waals surface area contributed by atoms with E-state index >= 15 is 0 Å². The van der Waals surface area contributed by atoms with Crippen molar-refractivity contribution < 1.29 is 4.79 Å². The standard InChI is InChI=1S/C20H28N2O/c1-15(2)21(6)20(18(5)23,22-12-11-17(4)14-22)19-10-8-7-9-16(3)13-19/h7-8,10-13,15,17H,14H2,1-6H3. The van der Waals surface area contributed by atoms with Gasteiger partial charge in [-0.2, -0.15) is 0 Å². The van der Waals surface area contributed by atoms with Crippen molar-refractivity contribution in [1.29, 1.82) is 0 Å². The van der Waals surface area contributed by atoms with Crippen LogP contribution in [0.15, 0.2) is 53.5 Å². The van der Waals surface area contributed by atoms with E-state index in [4.69, 9.17) is 0 Å². The van der Waals surface area contributed by atoms with Gasteiger partial charge in [-0.3, -0.25) is 9.69 Å². The van der Waals surface area contributed by atoms with Crippen molar-refractivity contribution in [3.8, 4) is 0 Å². The minimum atomic E-state index is -0.785. The van der Waals surface area contributed by atoms with E-state index in [0.29, 0.717) is 5.92 Å². The number of allylic oxidation sites excluding steroid dienone is 3. The summed E-state index contributed by atoms with van der Waals surface area (Å²) in [7, 11) is 2.04. The zero-order valence-corrected chi connectivity index (χ0v) is 15.1. The first-order chi connectivity index (χ1) is 10.8. The Hall–Kier alpha value is -1.83. The van der Waals surface area contributed by atoms with Crippen LogP contribution in [0, 0.1) is 5.92 Å². The third-order valence-electron chi connectivity index (χ3n) is 4.73. The molecule has 2 rings (SSSR count). The van der Waals surface area contributed by atoms with Crippen LogP contribution >= 0.6 is 0 Å². The molecule has 0 amide bonds. The lowest BCUT2D eigenvalue weighted by molar-refractivity contribution is -0.136. The second kappa shape index (κ2) is 6.74. The van der Waals surface area contributed by atoms with Gasteiger partial charge in [0.05, 0.1) is 0 Å². The maximum atomic E-state index is 13.0. The summed E-state index contributed by atoms with van der Waals surface area (Å²) in [5.74, 6) is 0.581. The van der Waals surface area contributed by atoms with Crippen LogP contribution in [0.2, 0.25) is 0 Å². The highest BCUT2D eigenvalue weighted by molar-refractivity contribution is 5.90. The fraction of sp³-hybridized carbons (Fsp3) is 0.500. The Morgan fingerprint density at radius 2 is 2.17 bits per heavy atom. The first-order valence-electron chi connectivity index (χ1n) is 8.31. The van der Waals surface area contributed by atoms with Crippen LogP contribution in [0.4, 0.5) is 0 Å². The fourth-order valence-corrected chi connectivity index (χ4v) is 3.39. The summed E-state index contributed by atoms with van der Waals surface area (Å²) in [5, 5.41) is 0. The van der Waals surface area contributed by atoms with Gasteiger partial charge in [-0.25, -0.2) is 0 Å². The molecule has 0 spiro atoms. The summed E-state index contributed by atoms with van der Waals surface area (Å²) in [4.78, 5) is 17.4. The van der Waals surface area contributed by atoms with Crippen molar-refractivity contribution in [1.82, 2.24) is 9.80 Å². The van der Waals surface area contributed by atoms with E-state index in [1.165, 1.54) is 0 Å². The van der Waals surface area contributed by atoms with Crippen molar-refractivity contribution in [3.05, 3.63) is 53.5 Å². The largest absolute Gasteiger partial charge is 0.349 e. The third-order valence-corrected chi connectivity index (χ3v) is 4.73. The molecule has 0 N–H and O–H groups in total. The second-order valence-corrected chi connectivity index (χ2v) is 6.86. The molecule has 0 aromatic heterocycles. The molecule has 3 nitrogen and oxygen atoms in total. The highest BCUT2D eigenvalue weighted by Gasteiger charge is 2.48. The molecule has 0 saturated heterocycles. The lowest BCUT2D eigenvalue weighted by atomic mass is 9.88. The molecule has 0 bridgehead atoms.